The molecule has 2 amide bonds. The molecule has 1 aromatic heterocycles. The monoisotopic (exact) mass is 460 g/mol. The lowest BCUT2D eigenvalue weighted by atomic mass is 10.0. The average molecular weight is 461 g/mol. The first kappa shape index (κ1) is 24.7. The highest BCUT2D eigenvalue weighted by Gasteiger charge is 2.28. The van der Waals surface area contributed by atoms with E-state index in [2.05, 4.69) is 10.5 Å². The number of aryl methyl sites for hydroxylation is 1. The Bertz CT molecular complexity index is 996. The molecular formula is C23H32N4O6. The maximum atomic E-state index is 13.2. The van der Waals surface area contributed by atoms with Crippen molar-refractivity contribution in [3.63, 3.8) is 0 Å². The van der Waals surface area contributed by atoms with Crippen molar-refractivity contribution in [3.8, 4) is 0 Å². The number of nitrogens with zero attached hydrogens (tertiary/aromatic N) is 3. The van der Waals surface area contributed by atoms with Gasteiger partial charge in [-0.1, -0.05) is 23.4 Å². The summed E-state index contributed by atoms with van der Waals surface area (Å²) in [4.78, 5) is 32.5. The van der Waals surface area contributed by atoms with Crippen LogP contribution in [0.2, 0.25) is 0 Å². The maximum absolute atomic E-state index is 13.2. The summed E-state index contributed by atoms with van der Waals surface area (Å²) < 4.78 is 7.34. The number of aromatic nitrogens is 1. The van der Waals surface area contributed by atoms with Crippen molar-refractivity contribution in [3.05, 3.63) is 36.0 Å². The second-order valence-corrected chi connectivity index (χ2v) is 8.24. The number of carbonyl (C=O) groups excluding carboxylic acids is 2. The number of carbonyl (C=O) groups is 2. The number of rotatable bonds is 9. The highest BCUT2D eigenvalue weighted by atomic mass is 16.6. The molecule has 0 spiro atoms. The molecule has 1 aliphatic rings. The van der Waals surface area contributed by atoms with Crippen LogP contribution >= 0.6 is 0 Å². The van der Waals surface area contributed by atoms with Crippen LogP contribution in [0.25, 0.3) is 10.9 Å². The zero-order valence-corrected chi connectivity index (χ0v) is 19.2. The van der Waals surface area contributed by atoms with Crippen LogP contribution in [0.15, 0.2) is 35.6 Å². The molecule has 0 radical (unpaired) electrons. The number of aliphatic hydroxyl groups excluding tert-OH is 2. The van der Waals surface area contributed by atoms with Gasteiger partial charge in [0.1, 0.15) is 12.1 Å². The molecule has 0 bridgehead atoms. The predicted octanol–water partition coefficient (Wildman–Crippen LogP) is 0.199. The van der Waals surface area contributed by atoms with Crippen molar-refractivity contribution >= 4 is 28.4 Å². The van der Waals surface area contributed by atoms with Crippen LogP contribution in [0.1, 0.15) is 19.4 Å². The topological polar surface area (TPSA) is 126 Å². The first-order valence-corrected chi connectivity index (χ1v) is 11.0. The summed E-state index contributed by atoms with van der Waals surface area (Å²) in [6.45, 7) is 4.35. The first-order chi connectivity index (χ1) is 15.8. The van der Waals surface area contributed by atoms with E-state index in [1.807, 2.05) is 42.1 Å². The SMILES string of the molecule is C/C(=N/OCC(=O)NC(Cc1cn(C)c2ccccc12)C(=O)N1CCOCC1)C(O)C(C)O. The first-order valence-electron chi connectivity index (χ1n) is 11.0. The molecule has 3 unspecified atom stereocenters. The molecule has 33 heavy (non-hydrogen) atoms. The number of amides is 2. The third-order valence-corrected chi connectivity index (χ3v) is 5.65. The lowest BCUT2D eigenvalue weighted by Gasteiger charge is -2.30. The van der Waals surface area contributed by atoms with Gasteiger partial charge < -0.3 is 34.6 Å². The van der Waals surface area contributed by atoms with Gasteiger partial charge >= 0.3 is 0 Å². The third-order valence-electron chi connectivity index (χ3n) is 5.65. The maximum Gasteiger partial charge on any atom is 0.261 e. The molecule has 10 nitrogen and oxygen atoms in total. The lowest BCUT2D eigenvalue weighted by molar-refractivity contribution is -0.140. The number of benzene rings is 1. The fraction of sp³-hybridized carbons (Fsp3) is 0.522. The van der Waals surface area contributed by atoms with Gasteiger partial charge in [0.25, 0.3) is 5.91 Å². The van der Waals surface area contributed by atoms with Gasteiger partial charge in [-0.2, -0.15) is 0 Å². The van der Waals surface area contributed by atoms with E-state index in [0.717, 1.165) is 16.5 Å². The summed E-state index contributed by atoms with van der Waals surface area (Å²) in [5.41, 5.74) is 2.14. The molecule has 3 atom stereocenters. The summed E-state index contributed by atoms with van der Waals surface area (Å²) in [6, 6.07) is 7.12. The number of oxime groups is 1. The van der Waals surface area contributed by atoms with E-state index >= 15 is 0 Å². The van der Waals surface area contributed by atoms with E-state index in [-0.39, 0.29) is 11.6 Å². The fourth-order valence-electron chi connectivity index (χ4n) is 3.84. The molecule has 10 heteroatoms. The molecule has 3 N–H and O–H groups in total. The Kier molecular flexibility index (Phi) is 8.43. The molecule has 0 aliphatic carbocycles. The van der Waals surface area contributed by atoms with Crippen LogP contribution in [0.5, 0.6) is 0 Å². The smallest absolute Gasteiger partial charge is 0.261 e. The molecule has 0 saturated carbocycles. The van der Waals surface area contributed by atoms with E-state index in [9.17, 15) is 19.8 Å². The van der Waals surface area contributed by atoms with Crippen molar-refractivity contribution < 1.29 is 29.4 Å². The van der Waals surface area contributed by atoms with Gasteiger partial charge in [0.2, 0.25) is 5.91 Å². The van der Waals surface area contributed by atoms with Gasteiger partial charge in [-0.05, 0) is 25.5 Å². The molecule has 1 fully saturated rings. The molecule has 180 valence electrons. The van der Waals surface area contributed by atoms with Crippen LogP contribution in [-0.2, 0) is 32.6 Å². The third kappa shape index (κ3) is 6.31. The van der Waals surface area contributed by atoms with Gasteiger partial charge in [-0.15, -0.1) is 0 Å². The van der Waals surface area contributed by atoms with Gasteiger partial charge in [0.05, 0.1) is 25.0 Å². The molecule has 1 saturated heterocycles. The summed E-state index contributed by atoms with van der Waals surface area (Å²) in [7, 11) is 1.94. The quantitative estimate of drug-likeness (QED) is 0.363. The van der Waals surface area contributed by atoms with E-state index in [1.54, 1.807) is 4.90 Å². The molecule has 2 aromatic rings. The standard InChI is InChI=1S/C23H32N4O6/c1-15(22(30)16(2)28)25-33-14-21(29)24-19(23(31)27-8-10-32-11-9-27)12-17-13-26(3)20-7-5-4-6-18(17)20/h4-7,13,16,19,22,28,30H,8-12,14H2,1-3H3,(H,24,29)/b25-15-. The zero-order chi connectivity index (χ0) is 24.0. The number of nitrogens with one attached hydrogen (secondary N) is 1. The summed E-state index contributed by atoms with van der Waals surface area (Å²) in [6.07, 6.45) is 0.0992. The van der Waals surface area contributed by atoms with Crippen LogP contribution in [0, 0.1) is 0 Å². The lowest BCUT2D eigenvalue weighted by Crippen LogP contribution is -2.53. The Hall–Kier alpha value is -2.95. The summed E-state index contributed by atoms with van der Waals surface area (Å²) in [5.74, 6) is -0.686. The van der Waals surface area contributed by atoms with Gasteiger partial charge in [0, 0.05) is 43.7 Å². The van der Waals surface area contributed by atoms with Gasteiger partial charge in [0.15, 0.2) is 6.61 Å². The number of hydrogen-bond donors (Lipinski definition) is 3. The molecular weight excluding hydrogens is 428 g/mol. The molecule has 3 rings (SSSR count). The van der Waals surface area contributed by atoms with Crippen molar-refractivity contribution in [2.45, 2.75) is 38.5 Å². The Morgan fingerprint density at radius 2 is 1.94 bits per heavy atom. The normalized spacial score (nSPS) is 17.5. The highest BCUT2D eigenvalue weighted by Crippen LogP contribution is 2.22. The highest BCUT2D eigenvalue weighted by molar-refractivity contribution is 5.90. The Labute approximate surface area is 192 Å². The number of morpholine rings is 1. The summed E-state index contributed by atoms with van der Waals surface area (Å²) in [5, 5.41) is 26.6. The molecule has 1 aliphatic heterocycles. The second kappa shape index (κ2) is 11.3. The largest absolute Gasteiger partial charge is 0.390 e. The van der Waals surface area contributed by atoms with E-state index in [4.69, 9.17) is 9.57 Å². The Morgan fingerprint density at radius 1 is 1.24 bits per heavy atom. The van der Waals surface area contributed by atoms with Crippen molar-refractivity contribution in [1.82, 2.24) is 14.8 Å². The average Bonchev–Trinajstić information content (AvgIpc) is 3.13. The predicted molar refractivity (Wildman–Crippen MR) is 123 cm³/mol. The molecule has 1 aromatic carbocycles. The second-order valence-electron chi connectivity index (χ2n) is 8.24. The number of ether oxygens (including phenoxy) is 1. The van der Waals surface area contributed by atoms with E-state index in [0.29, 0.717) is 32.7 Å². The van der Waals surface area contributed by atoms with E-state index < -0.39 is 30.8 Å². The Morgan fingerprint density at radius 3 is 2.64 bits per heavy atom. The van der Waals surface area contributed by atoms with Crippen molar-refractivity contribution in [1.29, 1.82) is 0 Å². The van der Waals surface area contributed by atoms with Crippen LogP contribution in [-0.4, -0.2) is 88.4 Å². The fourth-order valence-corrected chi connectivity index (χ4v) is 3.84. The van der Waals surface area contributed by atoms with Gasteiger partial charge in [-0.3, -0.25) is 9.59 Å². The van der Waals surface area contributed by atoms with Crippen molar-refractivity contribution in [2.75, 3.05) is 32.9 Å². The minimum absolute atomic E-state index is 0.148. The Balaban J connectivity index is 1.72. The number of fused-ring (bicyclic) bond motifs is 1. The van der Waals surface area contributed by atoms with E-state index in [1.165, 1.54) is 13.8 Å². The van der Waals surface area contributed by atoms with Crippen LogP contribution < -0.4 is 5.32 Å². The minimum atomic E-state index is -1.19. The van der Waals surface area contributed by atoms with Crippen LogP contribution in [0.3, 0.4) is 0 Å². The number of aliphatic hydroxyl groups is 2. The molecule has 2 heterocycles. The zero-order valence-electron chi connectivity index (χ0n) is 19.2. The van der Waals surface area contributed by atoms with Gasteiger partial charge in [-0.25, -0.2) is 0 Å². The van der Waals surface area contributed by atoms with Crippen LogP contribution in [0.4, 0.5) is 0 Å². The number of para-hydroxylation sites is 1. The number of hydrogen-bond acceptors (Lipinski definition) is 7. The summed E-state index contributed by atoms with van der Waals surface area (Å²) >= 11 is 0. The van der Waals surface area contributed by atoms with Crippen molar-refractivity contribution in [2.24, 2.45) is 12.2 Å². The minimum Gasteiger partial charge on any atom is -0.390 e.